The first-order valence-electron chi connectivity index (χ1n) is 9.39. The van der Waals surface area contributed by atoms with Gasteiger partial charge in [0.05, 0.1) is 0 Å². The van der Waals surface area contributed by atoms with Crippen molar-refractivity contribution >= 4 is 34.3 Å². The van der Waals surface area contributed by atoms with E-state index in [2.05, 4.69) is 10.3 Å². The summed E-state index contributed by atoms with van der Waals surface area (Å²) in [6.07, 6.45) is 0. The van der Waals surface area contributed by atoms with Crippen molar-refractivity contribution in [1.29, 1.82) is 0 Å². The second-order valence-electron chi connectivity index (χ2n) is 6.84. The molecule has 0 spiro atoms. The van der Waals surface area contributed by atoms with E-state index in [0.29, 0.717) is 39.0 Å². The summed E-state index contributed by atoms with van der Waals surface area (Å²) in [6, 6.07) is 21.6. The van der Waals surface area contributed by atoms with Gasteiger partial charge in [0.15, 0.2) is 11.3 Å². The second-order valence-corrected chi connectivity index (χ2v) is 7.27. The predicted octanol–water partition coefficient (Wildman–Crippen LogP) is 6.80. The summed E-state index contributed by atoms with van der Waals surface area (Å²) in [5, 5.41) is 3.41. The van der Waals surface area contributed by atoms with Gasteiger partial charge in [-0.25, -0.2) is 9.37 Å². The summed E-state index contributed by atoms with van der Waals surface area (Å²) < 4.78 is 24.8. The van der Waals surface area contributed by atoms with Crippen LogP contribution in [0.3, 0.4) is 0 Å². The number of halogens is 2. The summed E-state index contributed by atoms with van der Waals surface area (Å²) >= 11 is 5.91. The molecule has 1 amide bonds. The average Bonchev–Trinajstić information content (AvgIpc) is 3.41. The lowest BCUT2D eigenvalue weighted by Gasteiger charge is -2.02. The maximum Gasteiger partial charge on any atom is 0.291 e. The SMILES string of the molecule is O=C(Nc1ccc2oc(-c3cccc(F)c3)nc2c1)c1ccc(-c2ccc(Cl)cc2)o1. The van der Waals surface area contributed by atoms with Gasteiger partial charge in [0.2, 0.25) is 5.89 Å². The van der Waals surface area contributed by atoms with Gasteiger partial charge in [-0.05, 0) is 72.8 Å². The molecular formula is C24H14ClFN2O3. The van der Waals surface area contributed by atoms with Gasteiger partial charge in [-0.15, -0.1) is 0 Å². The van der Waals surface area contributed by atoms with Crippen LogP contribution in [-0.4, -0.2) is 10.9 Å². The van der Waals surface area contributed by atoms with Crippen LogP contribution in [0.2, 0.25) is 5.02 Å². The molecular weight excluding hydrogens is 419 g/mol. The smallest absolute Gasteiger partial charge is 0.291 e. The van der Waals surface area contributed by atoms with Crippen LogP contribution in [0.5, 0.6) is 0 Å². The summed E-state index contributed by atoms with van der Waals surface area (Å²) in [5.74, 6) is 0.272. The lowest BCUT2D eigenvalue weighted by Crippen LogP contribution is -2.10. The molecule has 7 heteroatoms. The fourth-order valence-electron chi connectivity index (χ4n) is 3.17. The molecule has 0 atom stereocenters. The monoisotopic (exact) mass is 432 g/mol. The van der Waals surface area contributed by atoms with Gasteiger partial charge in [0, 0.05) is 21.8 Å². The van der Waals surface area contributed by atoms with Crippen LogP contribution in [0.1, 0.15) is 10.6 Å². The quantitative estimate of drug-likeness (QED) is 0.339. The number of carbonyl (C=O) groups is 1. The summed E-state index contributed by atoms with van der Waals surface area (Å²) in [5.41, 5.74) is 2.95. The third-order valence-electron chi connectivity index (χ3n) is 4.68. The number of amides is 1. The zero-order chi connectivity index (χ0) is 21.4. The van der Waals surface area contributed by atoms with Crippen LogP contribution in [0, 0.1) is 5.82 Å². The Bertz CT molecular complexity index is 1410. The highest BCUT2D eigenvalue weighted by Gasteiger charge is 2.14. The Morgan fingerprint density at radius 3 is 2.55 bits per heavy atom. The Labute approximate surface area is 181 Å². The van der Waals surface area contributed by atoms with E-state index in [9.17, 15) is 9.18 Å². The van der Waals surface area contributed by atoms with Crippen molar-refractivity contribution in [2.45, 2.75) is 0 Å². The number of hydrogen-bond acceptors (Lipinski definition) is 4. The Morgan fingerprint density at radius 2 is 1.74 bits per heavy atom. The van der Waals surface area contributed by atoms with Crippen LogP contribution >= 0.6 is 11.6 Å². The molecule has 2 heterocycles. The van der Waals surface area contributed by atoms with E-state index in [4.69, 9.17) is 20.4 Å². The van der Waals surface area contributed by atoms with Gasteiger partial charge in [-0.1, -0.05) is 17.7 Å². The highest BCUT2D eigenvalue weighted by atomic mass is 35.5. The molecule has 31 heavy (non-hydrogen) atoms. The number of rotatable bonds is 4. The fourth-order valence-corrected chi connectivity index (χ4v) is 3.30. The highest BCUT2D eigenvalue weighted by Crippen LogP contribution is 2.28. The van der Waals surface area contributed by atoms with Gasteiger partial charge in [0.1, 0.15) is 17.1 Å². The molecule has 0 aliphatic rings. The van der Waals surface area contributed by atoms with Gasteiger partial charge < -0.3 is 14.2 Å². The number of anilines is 1. The van der Waals surface area contributed by atoms with Crippen LogP contribution in [-0.2, 0) is 0 Å². The predicted molar refractivity (Wildman–Crippen MR) is 117 cm³/mol. The van der Waals surface area contributed by atoms with E-state index in [1.54, 1.807) is 54.6 Å². The molecule has 0 saturated heterocycles. The molecule has 0 radical (unpaired) electrons. The first-order chi connectivity index (χ1) is 15.0. The number of benzene rings is 3. The number of fused-ring (bicyclic) bond motifs is 1. The fraction of sp³-hybridized carbons (Fsp3) is 0. The number of nitrogens with one attached hydrogen (secondary N) is 1. The number of furan rings is 1. The Balaban J connectivity index is 1.36. The topological polar surface area (TPSA) is 68.3 Å². The molecule has 3 aromatic carbocycles. The Morgan fingerprint density at radius 1 is 0.903 bits per heavy atom. The van der Waals surface area contributed by atoms with Crippen molar-refractivity contribution in [2.24, 2.45) is 0 Å². The van der Waals surface area contributed by atoms with E-state index in [0.717, 1.165) is 5.56 Å². The van der Waals surface area contributed by atoms with Crippen molar-refractivity contribution in [3.05, 3.63) is 95.5 Å². The minimum Gasteiger partial charge on any atom is -0.451 e. The largest absolute Gasteiger partial charge is 0.451 e. The maximum absolute atomic E-state index is 13.5. The van der Waals surface area contributed by atoms with Gasteiger partial charge in [-0.3, -0.25) is 4.79 Å². The molecule has 0 bridgehead atoms. The summed E-state index contributed by atoms with van der Waals surface area (Å²) in [4.78, 5) is 17.0. The highest BCUT2D eigenvalue weighted by molar-refractivity contribution is 6.30. The lowest BCUT2D eigenvalue weighted by atomic mass is 10.2. The van der Waals surface area contributed by atoms with Crippen LogP contribution in [0.15, 0.2) is 87.7 Å². The first-order valence-corrected chi connectivity index (χ1v) is 9.77. The van der Waals surface area contributed by atoms with Crippen molar-refractivity contribution in [2.75, 3.05) is 5.32 Å². The van der Waals surface area contributed by atoms with Crippen molar-refractivity contribution in [1.82, 2.24) is 4.98 Å². The van der Waals surface area contributed by atoms with E-state index in [1.807, 2.05) is 12.1 Å². The number of nitrogens with zero attached hydrogens (tertiary/aromatic N) is 1. The van der Waals surface area contributed by atoms with Crippen molar-refractivity contribution < 1.29 is 18.0 Å². The molecule has 0 unspecified atom stereocenters. The van der Waals surface area contributed by atoms with Crippen LogP contribution in [0.4, 0.5) is 10.1 Å². The number of oxazole rings is 1. The van der Waals surface area contributed by atoms with Crippen LogP contribution < -0.4 is 5.32 Å². The molecule has 0 saturated carbocycles. The Kier molecular flexibility index (Phi) is 4.76. The van der Waals surface area contributed by atoms with Crippen molar-refractivity contribution in [3.8, 4) is 22.8 Å². The molecule has 2 aromatic heterocycles. The van der Waals surface area contributed by atoms with E-state index < -0.39 is 5.91 Å². The minimum absolute atomic E-state index is 0.172. The van der Waals surface area contributed by atoms with E-state index in [-0.39, 0.29) is 11.6 Å². The third-order valence-corrected chi connectivity index (χ3v) is 4.93. The lowest BCUT2D eigenvalue weighted by molar-refractivity contribution is 0.0997. The Hall–Kier alpha value is -3.90. The van der Waals surface area contributed by atoms with E-state index >= 15 is 0 Å². The normalized spacial score (nSPS) is 11.0. The summed E-state index contributed by atoms with van der Waals surface area (Å²) in [6.45, 7) is 0. The number of hydrogen-bond donors (Lipinski definition) is 1. The molecule has 1 N–H and O–H groups in total. The molecule has 5 nitrogen and oxygen atoms in total. The zero-order valence-corrected chi connectivity index (χ0v) is 16.7. The molecule has 5 aromatic rings. The number of carbonyl (C=O) groups excluding carboxylic acids is 1. The molecule has 0 aliphatic carbocycles. The summed E-state index contributed by atoms with van der Waals surface area (Å²) in [7, 11) is 0. The van der Waals surface area contributed by atoms with E-state index in [1.165, 1.54) is 12.1 Å². The minimum atomic E-state index is -0.395. The van der Waals surface area contributed by atoms with Crippen LogP contribution in [0.25, 0.3) is 33.9 Å². The number of aromatic nitrogens is 1. The first kappa shape index (κ1) is 19.1. The molecule has 152 valence electrons. The third kappa shape index (κ3) is 3.93. The zero-order valence-electron chi connectivity index (χ0n) is 15.9. The molecule has 0 aliphatic heterocycles. The van der Waals surface area contributed by atoms with Crippen molar-refractivity contribution in [3.63, 3.8) is 0 Å². The molecule has 0 fully saturated rings. The standard InChI is InChI=1S/C24H14ClFN2O3/c25-16-6-4-14(5-7-16)20-10-11-22(30-20)23(29)27-18-8-9-21-19(13-18)28-24(31-21)15-2-1-3-17(26)12-15/h1-13H,(H,27,29). The van der Waals surface area contributed by atoms with Gasteiger partial charge in [0.25, 0.3) is 5.91 Å². The van der Waals surface area contributed by atoms with Gasteiger partial charge in [-0.2, -0.15) is 0 Å². The van der Waals surface area contributed by atoms with Gasteiger partial charge >= 0.3 is 0 Å². The molecule has 5 rings (SSSR count). The maximum atomic E-state index is 13.5. The second kappa shape index (κ2) is 7.74. The average molecular weight is 433 g/mol.